The molecule has 0 atom stereocenters. The van der Waals surface area contributed by atoms with Crippen LogP contribution in [0.25, 0.3) is 11.1 Å². The largest absolute Gasteiger partial charge is 0.573 e. The minimum atomic E-state index is -4.86. The van der Waals surface area contributed by atoms with Gasteiger partial charge in [0.05, 0.1) is 16.2 Å². The summed E-state index contributed by atoms with van der Waals surface area (Å²) in [5, 5.41) is 9.68. The van der Waals surface area contributed by atoms with E-state index >= 15 is 0 Å². The average molecular weight is 502 g/mol. The molecule has 0 heterocycles. The van der Waals surface area contributed by atoms with Gasteiger partial charge in [-0.15, -0.1) is 13.2 Å². The van der Waals surface area contributed by atoms with Gasteiger partial charge in [-0.3, -0.25) is 0 Å². The number of alkyl halides is 3. The van der Waals surface area contributed by atoms with E-state index < -0.39 is 27.9 Å². The second-order valence-corrected chi connectivity index (χ2v) is 10.1. The number of halogens is 3. The lowest BCUT2D eigenvalue weighted by Crippen LogP contribution is -2.27. The summed E-state index contributed by atoms with van der Waals surface area (Å²) in [6.45, 7) is 6.64. The van der Waals surface area contributed by atoms with Gasteiger partial charge in [0, 0.05) is 24.3 Å². The van der Waals surface area contributed by atoms with Gasteiger partial charge in [0.2, 0.25) is 0 Å². The first-order valence-corrected chi connectivity index (χ1v) is 12.8. The van der Waals surface area contributed by atoms with Crippen molar-refractivity contribution in [3.05, 3.63) is 42.0 Å². The number of carboxylic acid groups (broad SMARTS) is 1. The molecule has 0 fully saturated rings. The molecule has 2 rings (SSSR count). The highest BCUT2D eigenvalue weighted by Crippen LogP contribution is 2.40. The van der Waals surface area contributed by atoms with Crippen LogP contribution in [0.2, 0.25) is 0 Å². The van der Waals surface area contributed by atoms with Crippen molar-refractivity contribution in [2.45, 2.75) is 57.7 Å². The third kappa shape index (κ3) is 7.12. The Hall–Kier alpha value is -2.75. The van der Waals surface area contributed by atoms with Gasteiger partial charge in [-0.1, -0.05) is 45.7 Å². The van der Waals surface area contributed by atoms with E-state index in [1.165, 1.54) is 25.1 Å². The number of carbonyl (C=O) groups is 1. The third-order valence-electron chi connectivity index (χ3n) is 5.32. The Balaban J connectivity index is 2.82. The van der Waals surface area contributed by atoms with Crippen LogP contribution in [0.5, 0.6) is 5.75 Å². The number of ether oxygens (including phenoxy) is 1. The van der Waals surface area contributed by atoms with Gasteiger partial charge in [0.15, 0.2) is 9.84 Å². The van der Waals surface area contributed by atoms with Crippen LogP contribution in [0.3, 0.4) is 0 Å². The summed E-state index contributed by atoms with van der Waals surface area (Å²) < 4.78 is 67.8. The number of hydrogen-bond donors (Lipinski definition) is 1. The number of anilines is 1. The molecular weight excluding hydrogens is 471 g/mol. The van der Waals surface area contributed by atoms with E-state index in [0.717, 1.165) is 43.9 Å². The van der Waals surface area contributed by atoms with Crippen molar-refractivity contribution in [1.82, 2.24) is 0 Å². The summed E-state index contributed by atoms with van der Waals surface area (Å²) in [5.41, 5.74) is 0.892. The Morgan fingerprint density at radius 1 is 1.00 bits per heavy atom. The number of aromatic carboxylic acids is 1. The fourth-order valence-corrected chi connectivity index (χ4v) is 4.69. The molecule has 6 nitrogen and oxygen atoms in total. The zero-order valence-electron chi connectivity index (χ0n) is 19.5. The number of unbranched alkanes of at least 4 members (excludes halogenated alkanes) is 2. The summed E-state index contributed by atoms with van der Waals surface area (Å²) in [7, 11) is -3.87. The summed E-state index contributed by atoms with van der Waals surface area (Å²) in [4.78, 5) is 13.7. The second kappa shape index (κ2) is 11.6. The molecule has 0 saturated carbocycles. The molecule has 0 aromatic heterocycles. The van der Waals surface area contributed by atoms with Crippen molar-refractivity contribution >= 4 is 21.5 Å². The minimum absolute atomic E-state index is 0.160. The molecule has 0 aliphatic rings. The Morgan fingerprint density at radius 2 is 1.56 bits per heavy atom. The number of nitrogens with zero attached hydrogens (tertiary/aromatic N) is 1. The van der Waals surface area contributed by atoms with Crippen molar-refractivity contribution in [1.29, 1.82) is 0 Å². The monoisotopic (exact) mass is 501 g/mol. The molecule has 0 aliphatic heterocycles. The number of carboxylic acids is 1. The van der Waals surface area contributed by atoms with Crippen molar-refractivity contribution in [3.8, 4) is 16.9 Å². The van der Waals surface area contributed by atoms with Gasteiger partial charge in [-0.2, -0.15) is 0 Å². The normalized spacial score (nSPS) is 11.9. The van der Waals surface area contributed by atoms with Crippen molar-refractivity contribution in [3.63, 3.8) is 0 Å². The van der Waals surface area contributed by atoms with Crippen LogP contribution < -0.4 is 9.64 Å². The summed E-state index contributed by atoms with van der Waals surface area (Å²) in [6, 6.07) is 7.50. The molecule has 0 aliphatic carbocycles. The van der Waals surface area contributed by atoms with Crippen LogP contribution in [0.1, 0.15) is 56.8 Å². The van der Waals surface area contributed by atoms with Crippen LogP contribution >= 0.6 is 0 Å². The Bertz CT molecular complexity index is 1080. The van der Waals surface area contributed by atoms with E-state index in [1.54, 1.807) is 0 Å². The molecule has 1 N–H and O–H groups in total. The molecule has 2 aromatic rings. The highest BCUT2D eigenvalue weighted by atomic mass is 32.2. The number of sulfone groups is 1. The standard InChI is InChI=1S/C24H30F3NO5S/c1-4-7-13-28(14-8-5-2)20-15-18(23(29)30)16-21(34(31,32)6-3)22(20)17-9-11-19(12-10-17)33-24(25,26)27/h9-12,15-16H,4-8,13-14H2,1-3H3,(H,29,30). The first-order valence-electron chi connectivity index (χ1n) is 11.2. The lowest BCUT2D eigenvalue weighted by atomic mass is 9.99. The Morgan fingerprint density at radius 3 is 2.00 bits per heavy atom. The van der Waals surface area contributed by atoms with E-state index in [0.29, 0.717) is 24.3 Å². The topological polar surface area (TPSA) is 83.9 Å². The van der Waals surface area contributed by atoms with E-state index in [4.69, 9.17) is 0 Å². The first-order chi connectivity index (χ1) is 15.9. The summed E-state index contributed by atoms with van der Waals surface area (Å²) in [5.74, 6) is -1.96. The molecule has 0 unspecified atom stereocenters. The van der Waals surface area contributed by atoms with Crippen molar-refractivity contribution in [2.75, 3.05) is 23.7 Å². The SMILES string of the molecule is CCCCN(CCCC)c1cc(C(=O)O)cc(S(=O)(=O)CC)c1-c1ccc(OC(F)(F)F)cc1. The van der Waals surface area contributed by atoms with Gasteiger partial charge in [-0.05, 0) is 42.7 Å². The first kappa shape index (κ1) is 27.5. The Kier molecular flexibility index (Phi) is 9.37. The smallest absolute Gasteiger partial charge is 0.478 e. The number of rotatable bonds is 12. The third-order valence-corrected chi connectivity index (χ3v) is 7.08. The predicted octanol–water partition coefficient (Wildman–Crippen LogP) is 6.15. The molecule has 188 valence electrons. The van der Waals surface area contributed by atoms with E-state index in [1.807, 2.05) is 18.7 Å². The molecule has 34 heavy (non-hydrogen) atoms. The molecule has 0 bridgehead atoms. The number of benzene rings is 2. The molecule has 0 amide bonds. The van der Waals surface area contributed by atoms with Crippen molar-refractivity contribution in [2.24, 2.45) is 0 Å². The van der Waals surface area contributed by atoms with Gasteiger partial charge < -0.3 is 14.7 Å². The quantitative estimate of drug-likeness (QED) is 0.376. The fourth-order valence-electron chi connectivity index (χ4n) is 3.54. The van der Waals surface area contributed by atoms with Gasteiger partial charge in [0.25, 0.3) is 0 Å². The number of hydrogen-bond acceptors (Lipinski definition) is 5. The van der Waals surface area contributed by atoms with E-state index in [9.17, 15) is 31.5 Å². The predicted molar refractivity (Wildman–Crippen MR) is 125 cm³/mol. The van der Waals surface area contributed by atoms with Crippen LogP contribution in [-0.4, -0.2) is 44.7 Å². The fraction of sp³-hybridized carbons (Fsp3) is 0.458. The van der Waals surface area contributed by atoms with E-state index in [-0.39, 0.29) is 21.8 Å². The Labute approximate surface area is 198 Å². The van der Waals surface area contributed by atoms with Crippen LogP contribution in [0, 0.1) is 0 Å². The highest BCUT2D eigenvalue weighted by molar-refractivity contribution is 7.91. The maximum Gasteiger partial charge on any atom is 0.573 e. The zero-order valence-corrected chi connectivity index (χ0v) is 20.3. The van der Waals surface area contributed by atoms with E-state index in [2.05, 4.69) is 4.74 Å². The van der Waals surface area contributed by atoms with Gasteiger partial charge >= 0.3 is 12.3 Å². The van der Waals surface area contributed by atoms with Gasteiger partial charge in [-0.25, -0.2) is 13.2 Å². The minimum Gasteiger partial charge on any atom is -0.478 e. The lowest BCUT2D eigenvalue weighted by Gasteiger charge is -2.29. The maximum atomic E-state index is 13.0. The van der Waals surface area contributed by atoms with Crippen LogP contribution in [-0.2, 0) is 9.84 Å². The molecule has 10 heteroatoms. The van der Waals surface area contributed by atoms with Crippen molar-refractivity contribution < 1.29 is 36.2 Å². The second-order valence-electron chi connectivity index (χ2n) is 7.84. The van der Waals surface area contributed by atoms with Crippen LogP contribution in [0.15, 0.2) is 41.3 Å². The summed E-state index contributed by atoms with van der Waals surface area (Å²) in [6.07, 6.45) is -1.51. The zero-order chi connectivity index (χ0) is 25.5. The molecule has 0 saturated heterocycles. The summed E-state index contributed by atoms with van der Waals surface area (Å²) >= 11 is 0. The maximum absolute atomic E-state index is 13.0. The molecule has 0 spiro atoms. The molecule has 0 radical (unpaired) electrons. The molecular formula is C24H30F3NO5S. The van der Waals surface area contributed by atoms with Crippen LogP contribution in [0.4, 0.5) is 18.9 Å². The lowest BCUT2D eigenvalue weighted by molar-refractivity contribution is -0.274. The highest BCUT2D eigenvalue weighted by Gasteiger charge is 2.31. The average Bonchev–Trinajstić information content (AvgIpc) is 2.78. The molecule has 2 aromatic carbocycles. The van der Waals surface area contributed by atoms with Gasteiger partial charge in [0.1, 0.15) is 5.75 Å².